The van der Waals surface area contributed by atoms with Crippen LogP contribution in [0.15, 0.2) is 28.9 Å². The van der Waals surface area contributed by atoms with Gasteiger partial charge in [0, 0.05) is 11.6 Å². The van der Waals surface area contributed by atoms with Crippen molar-refractivity contribution in [3.63, 3.8) is 0 Å². The highest BCUT2D eigenvalue weighted by atomic mass is 19.1. The lowest BCUT2D eigenvalue weighted by atomic mass is 10.2. The largest absolute Gasteiger partial charge is 0.464 e. The summed E-state index contributed by atoms with van der Waals surface area (Å²) in [5.41, 5.74) is 0.0461. The molecule has 0 fully saturated rings. The average molecular weight is 239 g/mol. The molecule has 1 aromatic heterocycles. The number of hydrogen-bond acceptors (Lipinski definition) is 4. The minimum atomic E-state index is -0.752. The SMILES string of the molecule is COC(=O)c1coc(-c2cc(F)cc(F)c2)n1. The molecule has 0 saturated heterocycles. The summed E-state index contributed by atoms with van der Waals surface area (Å²) >= 11 is 0. The summed E-state index contributed by atoms with van der Waals surface area (Å²) in [6.45, 7) is 0. The summed E-state index contributed by atoms with van der Waals surface area (Å²) in [4.78, 5) is 14.9. The molecule has 0 saturated carbocycles. The van der Waals surface area contributed by atoms with Crippen molar-refractivity contribution in [2.45, 2.75) is 0 Å². The van der Waals surface area contributed by atoms with Crippen molar-refractivity contribution >= 4 is 5.97 Å². The number of ether oxygens (including phenoxy) is 1. The molecule has 1 aromatic carbocycles. The van der Waals surface area contributed by atoms with Crippen molar-refractivity contribution in [1.29, 1.82) is 0 Å². The Morgan fingerprint density at radius 2 is 1.94 bits per heavy atom. The Kier molecular flexibility index (Phi) is 2.86. The number of hydrogen-bond donors (Lipinski definition) is 0. The van der Waals surface area contributed by atoms with Gasteiger partial charge in [0.05, 0.1) is 7.11 Å². The molecule has 0 aliphatic heterocycles. The van der Waals surface area contributed by atoms with Crippen LogP contribution in [0.4, 0.5) is 8.78 Å². The second-order valence-electron chi connectivity index (χ2n) is 3.19. The van der Waals surface area contributed by atoms with Crippen LogP contribution in [-0.2, 0) is 4.74 Å². The zero-order valence-corrected chi connectivity index (χ0v) is 8.74. The Labute approximate surface area is 94.8 Å². The van der Waals surface area contributed by atoms with E-state index in [-0.39, 0.29) is 17.1 Å². The van der Waals surface area contributed by atoms with Crippen LogP contribution in [0.1, 0.15) is 10.5 Å². The monoisotopic (exact) mass is 239 g/mol. The molecule has 2 aromatic rings. The summed E-state index contributed by atoms with van der Waals surface area (Å²) in [5.74, 6) is -2.24. The van der Waals surface area contributed by atoms with Gasteiger partial charge in [-0.05, 0) is 12.1 Å². The Balaban J connectivity index is 2.40. The number of rotatable bonds is 2. The van der Waals surface area contributed by atoms with Gasteiger partial charge in [-0.2, -0.15) is 0 Å². The van der Waals surface area contributed by atoms with Crippen molar-refractivity contribution < 1.29 is 22.7 Å². The van der Waals surface area contributed by atoms with Gasteiger partial charge in [-0.15, -0.1) is 0 Å². The smallest absolute Gasteiger partial charge is 0.360 e. The Morgan fingerprint density at radius 1 is 1.29 bits per heavy atom. The highest BCUT2D eigenvalue weighted by molar-refractivity contribution is 5.87. The van der Waals surface area contributed by atoms with Crippen LogP contribution >= 0.6 is 0 Å². The topological polar surface area (TPSA) is 52.3 Å². The zero-order chi connectivity index (χ0) is 12.4. The number of halogens is 2. The molecule has 0 unspecified atom stereocenters. The van der Waals surface area contributed by atoms with E-state index >= 15 is 0 Å². The fraction of sp³-hybridized carbons (Fsp3) is 0.0909. The van der Waals surface area contributed by atoms with Crippen LogP contribution in [0.2, 0.25) is 0 Å². The molecule has 17 heavy (non-hydrogen) atoms. The Morgan fingerprint density at radius 3 is 2.53 bits per heavy atom. The predicted molar refractivity (Wildman–Crippen MR) is 53.2 cm³/mol. The van der Waals surface area contributed by atoms with Crippen LogP contribution in [0.5, 0.6) is 0 Å². The van der Waals surface area contributed by atoms with Gasteiger partial charge in [0.25, 0.3) is 0 Å². The van der Waals surface area contributed by atoms with Crippen molar-refractivity contribution in [3.8, 4) is 11.5 Å². The fourth-order valence-electron chi connectivity index (χ4n) is 1.28. The van der Waals surface area contributed by atoms with Gasteiger partial charge in [0.2, 0.25) is 5.89 Å². The number of nitrogens with zero attached hydrogens (tertiary/aromatic N) is 1. The maximum atomic E-state index is 12.9. The maximum Gasteiger partial charge on any atom is 0.360 e. The molecule has 0 spiro atoms. The van der Waals surface area contributed by atoms with Crippen molar-refractivity contribution in [2.24, 2.45) is 0 Å². The molecule has 88 valence electrons. The normalized spacial score (nSPS) is 10.3. The maximum absolute atomic E-state index is 12.9. The van der Waals surface area contributed by atoms with Crippen molar-refractivity contribution in [3.05, 3.63) is 41.8 Å². The molecule has 0 aliphatic carbocycles. The first kappa shape index (κ1) is 11.3. The minimum absolute atomic E-state index is 0.0520. The first-order chi connectivity index (χ1) is 8.10. The van der Waals surface area contributed by atoms with E-state index in [1.54, 1.807) is 0 Å². The van der Waals surface area contributed by atoms with Crippen LogP contribution < -0.4 is 0 Å². The molecule has 1 heterocycles. The lowest BCUT2D eigenvalue weighted by molar-refractivity contribution is 0.0594. The van der Waals surface area contributed by atoms with Gasteiger partial charge in [-0.1, -0.05) is 0 Å². The number of esters is 1. The minimum Gasteiger partial charge on any atom is -0.464 e. The van der Waals surface area contributed by atoms with Crippen LogP contribution in [0.3, 0.4) is 0 Å². The number of carbonyl (C=O) groups excluding carboxylic acids is 1. The summed E-state index contributed by atoms with van der Waals surface area (Å²) in [6.07, 6.45) is 1.06. The number of methoxy groups -OCH3 is 1. The molecule has 0 atom stereocenters. The van der Waals surface area contributed by atoms with E-state index in [1.165, 1.54) is 7.11 Å². The average Bonchev–Trinajstić information content (AvgIpc) is 2.76. The third-order valence-electron chi connectivity index (χ3n) is 2.01. The zero-order valence-electron chi connectivity index (χ0n) is 8.74. The molecule has 2 rings (SSSR count). The molecule has 0 N–H and O–H groups in total. The number of benzene rings is 1. The van der Waals surface area contributed by atoms with Crippen molar-refractivity contribution in [2.75, 3.05) is 7.11 Å². The van der Waals surface area contributed by atoms with Gasteiger partial charge >= 0.3 is 5.97 Å². The van der Waals surface area contributed by atoms with E-state index in [1.807, 2.05) is 0 Å². The van der Waals surface area contributed by atoms with E-state index < -0.39 is 17.6 Å². The van der Waals surface area contributed by atoms with E-state index in [4.69, 9.17) is 4.42 Å². The fourth-order valence-corrected chi connectivity index (χ4v) is 1.28. The molecule has 6 heteroatoms. The second-order valence-corrected chi connectivity index (χ2v) is 3.19. The summed E-state index contributed by atoms with van der Waals surface area (Å²) in [7, 11) is 1.19. The highest BCUT2D eigenvalue weighted by Crippen LogP contribution is 2.21. The quantitative estimate of drug-likeness (QED) is 0.755. The van der Waals surface area contributed by atoms with E-state index in [2.05, 4.69) is 9.72 Å². The first-order valence-corrected chi connectivity index (χ1v) is 4.60. The molecule has 0 bridgehead atoms. The first-order valence-electron chi connectivity index (χ1n) is 4.60. The number of aromatic nitrogens is 1. The number of carbonyl (C=O) groups is 1. The molecule has 4 nitrogen and oxygen atoms in total. The lowest BCUT2D eigenvalue weighted by Gasteiger charge is -1.96. The lowest BCUT2D eigenvalue weighted by Crippen LogP contribution is -2.00. The summed E-state index contributed by atoms with van der Waals surface area (Å²) < 4.78 is 35.2. The molecular formula is C11H7F2NO3. The Hall–Kier alpha value is -2.24. The van der Waals surface area contributed by atoms with Gasteiger partial charge in [-0.25, -0.2) is 18.6 Å². The third kappa shape index (κ3) is 2.30. The predicted octanol–water partition coefficient (Wildman–Crippen LogP) is 2.41. The van der Waals surface area contributed by atoms with Crippen LogP contribution in [0, 0.1) is 11.6 Å². The molecular weight excluding hydrogens is 232 g/mol. The van der Waals surface area contributed by atoms with Gasteiger partial charge in [-0.3, -0.25) is 0 Å². The standard InChI is InChI=1S/C11H7F2NO3/c1-16-11(15)9-5-17-10(14-9)6-2-7(12)4-8(13)3-6/h2-5H,1H3. The Bertz CT molecular complexity index is 545. The van der Waals surface area contributed by atoms with Gasteiger partial charge < -0.3 is 9.15 Å². The molecule has 0 aliphatic rings. The van der Waals surface area contributed by atoms with Gasteiger partial charge in [0.1, 0.15) is 17.9 Å². The van der Waals surface area contributed by atoms with E-state index in [9.17, 15) is 13.6 Å². The number of oxazole rings is 1. The van der Waals surface area contributed by atoms with Crippen molar-refractivity contribution in [1.82, 2.24) is 4.98 Å². The molecule has 0 amide bonds. The highest BCUT2D eigenvalue weighted by Gasteiger charge is 2.14. The molecule has 0 radical (unpaired) electrons. The summed E-state index contributed by atoms with van der Waals surface area (Å²) in [5, 5.41) is 0. The van der Waals surface area contributed by atoms with E-state index in [0.29, 0.717) is 0 Å². The van der Waals surface area contributed by atoms with Crippen LogP contribution in [0.25, 0.3) is 11.5 Å². The third-order valence-corrected chi connectivity index (χ3v) is 2.01. The van der Waals surface area contributed by atoms with E-state index in [0.717, 1.165) is 24.5 Å². The second kappa shape index (κ2) is 4.32. The van der Waals surface area contributed by atoms with Crippen LogP contribution in [-0.4, -0.2) is 18.1 Å². The summed E-state index contributed by atoms with van der Waals surface area (Å²) in [6, 6.07) is 2.83. The van der Waals surface area contributed by atoms with Gasteiger partial charge in [0.15, 0.2) is 5.69 Å².